The fourth-order valence-corrected chi connectivity index (χ4v) is 1.98. The second-order valence-electron chi connectivity index (χ2n) is 5.77. The van der Waals surface area contributed by atoms with Gasteiger partial charge in [-0.2, -0.15) is 0 Å². The molecule has 0 unspecified atom stereocenters. The molecule has 4 nitrogen and oxygen atoms in total. The Hall–Kier alpha value is -0.900. The van der Waals surface area contributed by atoms with E-state index in [1.54, 1.807) is 4.90 Å². The predicted octanol–water partition coefficient (Wildman–Crippen LogP) is 0.796. The zero-order valence-corrected chi connectivity index (χ0v) is 10.6. The molecule has 92 valence electrons. The van der Waals surface area contributed by atoms with Crippen LogP contribution >= 0.6 is 0 Å². The molecule has 0 bridgehead atoms. The number of nitrogens with two attached hydrogens (primary N) is 1. The molecule has 0 aromatic carbocycles. The number of nitrogens with zero attached hydrogens (tertiary/aromatic N) is 1. The van der Waals surface area contributed by atoms with Gasteiger partial charge in [0.15, 0.2) is 0 Å². The van der Waals surface area contributed by atoms with Gasteiger partial charge in [-0.3, -0.25) is 4.79 Å². The summed E-state index contributed by atoms with van der Waals surface area (Å²) >= 11 is 0. The minimum absolute atomic E-state index is 0.103. The van der Waals surface area contributed by atoms with Crippen molar-refractivity contribution < 1.29 is 9.59 Å². The molecule has 1 fully saturated rings. The van der Waals surface area contributed by atoms with Crippen LogP contribution in [0.25, 0.3) is 0 Å². The maximum absolute atomic E-state index is 12.1. The highest BCUT2D eigenvalue weighted by molar-refractivity contribution is 5.85. The third-order valence-electron chi connectivity index (χ3n) is 3.39. The summed E-state index contributed by atoms with van der Waals surface area (Å²) in [7, 11) is 0. The minimum atomic E-state index is -0.541. The van der Waals surface area contributed by atoms with Crippen LogP contribution < -0.4 is 5.73 Å². The Morgan fingerprint density at radius 2 is 2.06 bits per heavy atom. The summed E-state index contributed by atoms with van der Waals surface area (Å²) in [6.07, 6.45) is 1.75. The Balaban J connectivity index is 2.78. The molecule has 1 aliphatic rings. The first kappa shape index (κ1) is 13.2. The first-order chi connectivity index (χ1) is 7.29. The summed E-state index contributed by atoms with van der Waals surface area (Å²) in [5, 5.41) is 0. The van der Waals surface area contributed by atoms with Gasteiger partial charge in [-0.15, -0.1) is 0 Å². The van der Waals surface area contributed by atoms with Crippen LogP contribution in [0.2, 0.25) is 0 Å². The first-order valence-electron chi connectivity index (χ1n) is 5.80. The number of carbonyl (C=O) groups is 2. The van der Waals surface area contributed by atoms with E-state index < -0.39 is 6.04 Å². The molecule has 0 aromatic heterocycles. The van der Waals surface area contributed by atoms with E-state index in [1.807, 2.05) is 27.7 Å². The molecule has 3 atom stereocenters. The molecular weight excluding hydrogens is 204 g/mol. The van der Waals surface area contributed by atoms with Crippen molar-refractivity contribution in [2.45, 2.75) is 46.2 Å². The highest BCUT2D eigenvalue weighted by atomic mass is 16.2. The van der Waals surface area contributed by atoms with Crippen LogP contribution in [0, 0.1) is 11.3 Å². The minimum Gasteiger partial charge on any atom is -0.331 e. The van der Waals surface area contributed by atoms with Crippen LogP contribution in [0.1, 0.15) is 34.1 Å². The van der Waals surface area contributed by atoms with Gasteiger partial charge in [-0.05, 0) is 17.8 Å². The van der Waals surface area contributed by atoms with E-state index in [-0.39, 0.29) is 23.3 Å². The van der Waals surface area contributed by atoms with Crippen LogP contribution in [0.4, 0.5) is 0 Å². The smallest absolute Gasteiger partial charge is 0.240 e. The number of likely N-dealkylation sites (tertiary alicyclic amines) is 1. The van der Waals surface area contributed by atoms with Gasteiger partial charge in [0, 0.05) is 6.54 Å². The Labute approximate surface area is 97.2 Å². The van der Waals surface area contributed by atoms with Crippen molar-refractivity contribution >= 4 is 12.2 Å². The fraction of sp³-hybridized carbons (Fsp3) is 0.833. The van der Waals surface area contributed by atoms with E-state index in [0.717, 1.165) is 12.7 Å². The predicted molar refractivity (Wildman–Crippen MR) is 62.8 cm³/mol. The average Bonchev–Trinajstić information content (AvgIpc) is 2.55. The number of hydrogen-bond donors (Lipinski definition) is 1. The molecule has 1 aliphatic heterocycles. The molecule has 0 spiro atoms. The van der Waals surface area contributed by atoms with E-state index in [4.69, 9.17) is 5.73 Å². The van der Waals surface area contributed by atoms with Crippen molar-refractivity contribution in [3.63, 3.8) is 0 Å². The highest BCUT2D eigenvalue weighted by Gasteiger charge is 2.39. The van der Waals surface area contributed by atoms with Gasteiger partial charge in [0.1, 0.15) is 6.29 Å². The highest BCUT2D eigenvalue weighted by Crippen LogP contribution is 2.26. The van der Waals surface area contributed by atoms with Crippen LogP contribution in [0.15, 0.2) is 0 Å². The van der Waals surface area contributed by atoms with Crippen molar-refractivity contribution in [3.05, 3.63) is 0 Å². The third kappa shape index (κ3) is 2.43. The first-order valence-corrected chi connectivity index (χ1v) is 5.80. The van der Waals surface area contributed by atoms with Crippen molar-refractivity contribution in [1.82, 2.24) is 4.90 Å². The maximum atomic E-state index is 12.1. The van der Waals surface area contributed by atoms with Gasteiger partial charge in [0.05, 0.1) is 12.1 Å². The normalized spacial score (nSPS) is 27.9. The summed E-state index contributed by atoms with van der Waals surface area (Å²) in [6.45, 7) is 8.45. The number of hydrogen-bond acceptors (Lipinski definition) is 3. The summed E-state index contributed by atoms with van der Waals surface area (Å²) in [5.41, 5.74) is 5.66. The molecule has 16 heavy (non-hydrogen) atoms. The maximum Gasteiger partial charge on any atom is 0.240 e. The van der Waals surface area contributed by atoms with Gasteiger partial charge < -0.3 is 15.4 Å². The zero-order chi connectivity index (χ0) is 12.5. The molecule has 1 saturated heterocycles. The van der Waals surface area contributed by atoms with Crippen LogP contribution in [-0.4, -0.2) is 35.7 Å². The van der Waals surface area contributed by atoms with Gasteiger partial charge in [0.2, 0.25) is 5.91 Å². The SMILES string of the molecule is C[C@@H]1CCN(C(=O)[C@@H](N)C(C)(C)C)[C@@H]1C=O. The lowest BCUT2D eigenvalue weighted by Gasteiger charge is -2.32. The van der Waals surface area contributed by atoms with E-state index in [9.17, 15) is 9.59 Å². The molecule has 1 rings (SSSR count). The Kier molecular flexibility index (Phi) is 3.73. The average molecular weight is 226 g/mol. The largest absolute Gasteiger partial charge is 0.331 e. The van der Waals surface area contributed by atoms with Crippen LogP contribution in [0.3, 0.4) is 0 Å². The summed E-state index contributed by atoms with van der Waals surface area (Å²) < 4.78 is 0. The summed E-state index contributed by atoms with van der Waals surface area (Å²) in [5.74, 6) is 0.141. The van der Waals surface area contributed by atoms with E-state index >= 15 is 0 Å². The molecular formula is C12H22N2O2. The topological polar surface area (TPSA) is 63.4 Å². The third-order valence-corrected chi connectivity index (χ3v) is 3.39. The van der Waals surface area contributed by atoms with E-state index in [0.29, 0.717) is 6.54 Å². The van der Waals surface area contributed by atoms with E-state index in [1.165, 1.54) is 0 Å². The quantitative estimate of drug-likeness (QED) is 0.708. The van der Waals surface area contributed by atoms with Crippen LogP contribution in [0.5, 0.6) is 0 Å². The second-order valence-corrected chi connectivity index (χ2v) is 5.77. The molecule has 1 heterocycles. The van der Waals surface area contributed by atoms with Crippen molar-refractivity contribution in [1.29, 1.82) is 0 Å². The number of amides is 1. The number of rotatable bonds is 2. The monoisotopic (exact) mass is 226 g/mol. The molecule has 0 saturated carbocycles. The van der Waals surface area contributed by atoms with Crippen molar-refractivity contribution in [3.8, 4) is 0 Å². The Morgan fingerprint density at radius 1 is 1.50 bits per heavy atom. The van der Waals surface area contributed by atoms with Gasteiger partial charge in [-0.1, -0.05) is 27.7 Å². The molecule has 0 aliphatic carbocycles. The van der Waals surface area contributed by atoms with Gasteiger partial charge >= 0.3 is 0 Å². The van der Waals surface area contributed by atoms with Crippen molar-refractivity contribution in [2.24, 2.45) is 17.1 Å². The molecule has 1 amide bonds. The second kappa shape index (κ2) is 4.53. The van der Waals surface area contributed by atoms with E-state index in [2.05, 4.69) is 0 Å². The van der Waals surface area contributed by atoms with Gasteiger partial charge in [0.25, 0.3) is 0 Å². The molecule has 0 aromatic rings. The molecule has 0 radical (unpaired) electrons. The summed E-state index contributed by atoms with van der Waals surface area (Å²) in [6, 6.07) is -0.832. The lowest BCUT2D eigenvalue weighted by molar-refractivity contribution is -0.138. The zero-order valence-electron chi connectivity index (χ0n) is 10.6. The van der Waals surface area contributed by atoms with Crippen LogP contribution in [-0.2, 0) is 9.59 Å². The Bertz CT molecular complexity index is 283. The molecule has 4 heteroatoms. The Morgan fingerprint density at radius 3 is 2.50 bits per heavy atom. The lowest BCUT2D eigenvalue weighted by Crippen LogP contribution is -2.52. The standard InChI is InChI=1S/C12H22N2O2/c1-8-5-6-14(9(8)7-15)11(16)10(13)12(2,3)4/h7-10H,5-6,13H2,1-4H3/t8-,9-,10-/m1/s1. The summed E-state index contributed by atoms with van der Waals surface area (Å²) in [4.78, 5) is 24.8. The number of aldehydes is 1. The number of carbonyl (C=O) groups excluding carboxylic acids is 2. The van der Waals surface area contributed by atoms with Gasteiger partial charge in [-0.25, -0.2) is 0 Å². The molecule has 2 N–H and O–H groups in total. The van der Waals surface area contributed by atoms with Crippen molar-refractivity contribution in [2.75, 3.05) is 6.54 Å². The lowest BCUT2D eigenvalue weighted by atomic mass is 9.86. The fourth-order valence-electron chi connectivity index (χ4n) is 1.98.